The molecule has 5 nitrogen and oxygen atoms in total. The summed E-state index contributed by atoms with van der Waals surface area (Å²) in [5.41, 5.74) is -0.730. The first-order valence-corrected chi connectivity index (χ1v) is 9.27. The number of nitrogens with zero attached hydrogens (tertiary/aromatic N) is 4. The van der Waals surface area contributed by atoms with E-state index in [0.29, 0.717) is 0 Å². The van der Waals surface area contributed by atoms with Gasteiger partial charge in [0.25, 0.3) is 0 Å². The minimum Gasteiger partial charge on any atom is -0.305 e. The quantitative estimate of drug-likeness (QED) is 0.846. The molecule has 1 unspecified atom stereocenters. The Morgan fingerprint density at radius 1 is 1.36 bits per heavy atom. The van der Waals surface area contributed by atoms with Crippen molar-refractivity contribution in [3.8, 4) is 18.2 Å². The lowest BCUT2D eigenvalue weighted by molar-refractivity contribution is 0.206. The molecule has 0 spiro atoms. The number of nitriles is 3. The van der Waals surface area contributed by atoms with Crippen molar-refractivity contribution in [2.24, 2.45) is 17.3 Å². The average Bonchev–Trinajstić information content (AvgIpc) is 3.15. The normalized spacial score (nSPS) is 28.2. The molecule has 1 aliphatic heterocycles. The van der Waals surface area contributed by atoms with Gasteiger partial charge >= 0.3 is 0 Å². The number of hydrogen-bond donors (Lipinski definition) is 1. The second-order valence-electron chi connectivity index (χ2n) is 6.57. The molecular formula is C19H19N5S. The van der Waals surface area contributed by atoms with E-state index in [1.807, 2.05) is 23.6 Å². The van der Waals surface area contributed by atoms with Gasteiger partial charge in [0, 0.05) is 29.8 Å². The molecule has 1 saturated carbocycles. The third kappa shape index (κ3) is 2.57. The highest BCUT2D eigenvalue weighted by molar-refractivity contribution is 7.10. The van der Waals surface area contributed by atoms with Crippen LogP contribution in [0.3, 0.4) is 0 Å². The number of hydrogen-bond acceptors (Lipinski definition) is 6. The van der Waals surface area contributed by atoms with Gasteiger partial charge in [0.05, 0.1) is 23.9 Å². The van der Waals surface area contributed by atoms with Gasteiger partial charge in [-0.15, -0.1) is 11.3 Å². The molecule has 0 radical (unpaired) electrons. The number of nitrogens with one attached hydrogen (secondary N) is 1. The summed E-state index contributed by atoms with van der Waals surface area (Å²) in [6, 6.07) is 10.3. The highest BCUT2D eigenvalue weighted by Gasteiger charge is 2.58. The first-order valence-electron chi connectivity index (χ1n) is 8.39. The molecule has 0 amide bonds. The zero-order chi connectivity index (χ0) is 18.0. The second-order valence-corrected chi connectivity index (χ2v) is 7.55. The summed E-state index contributed by atoms with van der Waals surface area (Å²) in [6.45, 7) is 4.55. The zero-order valence-electron chi connectivity index (χ0n) is 14.1. The number of thiophene rings is 1. The van der Waals surface area contributed by atoms with Crippen molar-refractivity contribution in [3.05, 3.63) is 34.0 Å². The molecule has 1 aromatic heterocycles. The highest BCUT2D eigenvalue weighted by atomic mass is 32.1. The van der Waals surface area contributed by atoms with E-state index in [1.54, 1.807) is 0 Å². The summed E-state index contributed by atoms with van der Waals surface area (Å²) in [4.78, 5) is 3.25. The van der Waals surface area contributed by atoms with Gasteiger partial charge in [-0.25, -0.2) is 0 Å². The second kappa shape index (κ2) is 6.81. The van der Waals surface area contributed by atoms with Crippen molar-refractivity contribution in [1.29, 1.82) is 21.2 Å². The van der Waals surface area contributed by atoms with Gasteiger partial charge in [-0.05, 0) is 30.0 Å². The molecular weight excluding hydrogens is 330 g/mol. The van der Waals surface area contributed by atoms with Gasteiger partial charge < -0.3 is 5.41 Å². The van der Waals surface area contributed by atoms with E-state index in [1.165, 1.54) is 11.3 Å². The Morgan fingerprint density at radius 2 is 2.12 bits per heavy atom. The van der Waals surface area contributed by atoms with Gasteiger partial charge in [-0.3, -0.25) is 4.90 Å². The molecule has 0 bridgehead atoms. The lowest BCUT2D eigenvalue weighted by Crippen LogP contribution is -2.52. The summed E-state index contributed by atoms with van der Waals surface area (Å²) < 4.78 is 0. The van der Waals surface area contributed by atoms with Gasteiger partial charge in [0.15, 0.2) is 5.41 Å². The Hall–Kier alpha value is -2.46. The van der Waals surface area contributed by atoms with E-state index >= 15 is 0 Å². The summed E-state index contributed by atoms with van der Waals surface area (Å²) in [5, 5.41) is 39.9. The Morgan fingerprint density at radius 3 is 2.68 bits per heavy atom. The molecule has 2 aliphatic rings. The Kier molecular flexibility index (Phi) is 4.73. The SMILES string of the molecule is CCCN1CC=C2C(C#N)C(=N)C(C#N)(C#N)[C@@H](c3cccs3)[C@@H]2C1. The van der Waals surface area contributed by atoms with Crippen molar-refractivity contribution in [2.45, 2.75) is 19.3 Å². The molecule has 1 aromatic rings. The maximum Gasteiger partial charge on any atom is 0.190 e. The zero-order valence-corrected chi connectivity index (χ0v) is 14.9. The van der Waals surface area contributed by atoms with Crippen molar-refractivity contribution < 1.29 is 0 Å². The first kappa shape index (κ1) is 17.4. The number of fused-ring (bicyclic) bond motifs is 1. The van der Waals surface area contributed by atoms with E-state index in [0.717, 1.165) is 36.5 Å². The first-order chi connectivity index (χ1) is 12.1. The van der Waals surface area contributed by atoms with E-state index in [-0.39, 0.29) is 11.6 Å². The predicted molar refractivity (Wildman–Crippen MR) is 95.9 cm³/mol. The smallest absolute Gasteiger partial charge is 0.190 e. The Bertz CT molecular complexity index is 803. The van der Waals surface area contributed by atoms with Crippen LogP contribution in [-0.4, -0.2) is 30.2 Å². The van der Waals surface area contributed by atoms with Crippen LogP contribution in [0, 0.1) is 56.7 Å². The molecule has 25 heavy (non-hydrogen) atoms. The molecule has 1 aliphatic carbocycles. The molecule has 3 rings (SSSR count). The minimum atomic E-state index is -1.58. The number of rotatable bonds is 3. The third-order valence-electron chi connectivity index (χ3n) is 5.26. The molecule has 1 fully saturated rings. The van der Waals surface area contributed by atoms with Gasteiger partial charge in [0.1, 0.15) is 5.92 Å². The molecule has 3 atom stereocenters. The van der Waals surface area contributed by atoms with E-state index < -0.39 is 17.3 Å². The predicted octanol–water partition coefficient (Wildman–Crippen LogP) is 3.31. The monoisotopic (exact) mass is 349 g/mol. The maximum absolute atomic E-state index is 9.90. The fraction of sp³-hybridized carbons (Fsp3) is 0.474. The van der Waals surface area contributed by atoms with Crippen LogP contribution in [0.4, 0.5) is 0 Å². The average molecular weight is 349 g/mol. The molecule has 126 valence electrons. The van der Waals surface area contributed by atoms with E-state index in [9.17, 15) is 15.8 Å². The topological polar surface area (TPSA) is 98.5 Å². The fourth-order valence-electron chi connectivity index (χ4n) is 4.14. The van der Waals surface area contributed by atoms with Crippen LogP contribution in [0.15, 0.2) is 29.2 Å². The Labute approximate surface area is 151 Å². The van der Waals surface area contributed by atoms with Crippen molar-refractivity contribution in [2.75, 3.05) is 19.6 Å². The van der Waals surface area contributed by atoms with Gasteiger partial charge in [0.2, 0.25) is 0 Å². The third-order valence-corrected chi connectivity index (χ3v) is 6.21. The van der Waals surface area contributed by atoms with Crippen molar-refractivity contribution in [1.82, 2.24) is 4.90 Å². The standard InChI is InChI=1S/C19H19N5S/c1-2-6-24-7-5-13-14(9-20)18(23)19(11-21,12-22)17(15(13)10-24)16-4-3-8-25-16/h3-5,8,14-15,17,23H,2,6-7,10H2,1H3/t14?,15-,17-/m1/s1. The van der Waals surface area contributed by atoms with Crippen LogP contribution < -0.4 is 0 Å². The van der Waals surface area contributed by atoms with Crippen LogP contribution >= 0.6 is 11.3 Å². The maximum atomic E-state index is 9.90. The van der Waals surface area contributed by atoms with Gasteiger partial charge in [-0.1, -0.05) is 19.1 Å². The van der Waals surface area contributed by atoms with Crippen LogP contribution in [-0.2, 0) is 0 Å². The summed E-state index contributed by atoms with van der Waals surface area (Å²) in [7, 11) is 0. The molecule has 1 N–H and O–H groups in total. The largest absolute Gasteiger partial charge is 0.305 e. The van der Waals surface area contributed by atoms with Crippen molar-refractivity contribution in [3.63, 3.8) is 0 Å². The van der Waals surface area contributed by atoms with Crippen LogP contribution in [0.5, 0.6) is 0 Å². The molecule has 6 heteroatoms. The van der Waals surface area contributed by atoms with Crippen molar-refractivity contribution >= 4 is 17.0 Å². The summed E-state index contributed by atoms with van der Waals surface area (Å²) in [5.74, 6) is -1.26. The Balaban J connectivity index is 2.18. The van der Waals surface area contributed by atoms with Crippen LogP contribution in [0.2, 0.25) is 0 Å². The van der Waals surface area contributed by atoms with Gasteiger partial charge in [-0.2, -0.15) is 15.8 Å². The summed E-state index contributed by atoms with van der Waals surface area (Å²) in [6.07, 6.45) is 3.07. The molecule has 2 heterocycles. The van der Waals surface area contributed by atoms with E-state index in [4.69, 9.17) is 5.41 Å². The van der Waals surface area contributed by atoms with Crippen LogP contribution in [0.25, 0.3) is 0 Å². The minimum absolute atomic E-state index is 0.0650. The van der Waals surface area contributed by atoms with Crippen LogP contribution in [0.1, 0.15) is 24.1 Å². The molecule has 0 saturated heterocycles. The lowest BCUT2D eigenvalue weighted by Gasteiger charge is -2.47. The van der Waals surface area contributed by atoms with E-state index in [2.05, 4.69) is 30.0 Å². The highest BCUT2D eigenvalue weighted by Crippen LogP contribution is 2.54. The fourth-order valence-corrected chi connectivity index (χ4v) is 5.10. The molecule has 0 aromatic carbocycles. The lowest BCUT2D eigenvalue weighted by atomic mass is 9.55. The summed E-state index contributed by atoms with van der Waals surface area (Å²) >= 11 is 1.52.